The van der Waals surface area contributed by atoms with E-state index in [1.54, 1.807) is 7.11 Å². The average Bonchev–Trinajstić information content (AvgIpc) is 2.42. The summed E-state index contributed by atoms with van der Waals surface area (Å²) in [5.41, 5.74) is 2.40. The molecule has 1 heteroatoms. The second-order valence-corrected chi connectivity index (χ2v) is 3.10. The minimum atomic E-state index is 0.895. The molecule has 0 heterocycles. The molecular formula is C15H18O. The Morgan fingerprint density at radius 2 is 1.38 bits per heavy atom. The van der Waals surface area contributed by atoms with Crippen LogP contribution in [0.15, 0.2) is 54.6 Å². The highest BCUT2D eigenvalue weighted by atomic mass is 16.5. The Balaban J connectivity index is 0.000000606. The van der Waals surface area contributed by atoms with Crippen LogP contribution in [0.3, 0.4) is 0 Å². The Morgan fingerprint density at radius 1 is 0.750 bits per heavy atom. The Morgan fingerprint density at radius 3 is 2.00 bits per heavy atom. The molecule has 0 unspecified atom stereocenters. The van der Waals surface area contributed by atoms with Gasteiger partial charge in [0.05, 0.1) is 7.11 Å². The van der Waals surface area contributed by atoms with Crippen LogP contribution in [-0.2, 0) is 0 Å². The minimum absolute atomic E-state index is 0.895. The lowest BCUT2D eigenvalue weighted by molar-refractivity contribution is 0.415. The Labute approximate surface area is 97.7 Å². The number of hydrogen-bond donors (Lipinski definition) is 0. The van der Waals surface area contributed by atoms with Gasteiger partial charge in [0, 0.05) is 0 Å². The van der Waals surface area contributed by atoms with Crippen molar-refractivity contribution in [1.82, 2.24) is 0 Å². The zero-order chi connectivity index (χ0) is 11.8. The second-order valence-electron chi connectivity index (χ2n) is 3.10. The van der Waals surface area contributed by atoms with E-state index >= 15 is 0 Å². The molecule has 0 aromatic heterocycles. The van der Waals surface area contributed by atoms with Gasteiger partial charge in [-0.3, -0.25) is 0 Å². The standard InChI is InChI=1S/C13H12O.C2H6/c1-14-13-9-5-8-12(10-13)11-6-3-2-4-7-11;1-2/h2-10H,1H3;1-2H3. The number of methoxy groups -OCH3 is 1. The number of hydrogen-bond acceptors (Lipinski definition) is 1. The third-order valence-corrected chi connectivity index (χ3v) is 2.18. The van der Waals surface area contributed by atoms with Gasteiger partial charge in [0.25, 0.3) is 0 Å². The lowest BCUT2D eigenvalue weighted by atomic mass is 10.1. The maximum atomic E-state index is 5.18. The largest absolute Gasteiger partial charge is 0.497 e. The van der Waals surface area contributed by atoms with E-state index in [1.807, 2.05) is 50.2 Å². The fraction of sp³-hybridized carbons (Fsp3) is 0.200. The molecule has 84 valence electrons. The van der Waals surface area contributed by atoms with E-state index in [-0.39, 0.29) is 0 Å². The van der Waals surface area contributed by atoms with Crippen LogP contribution in [-0.4, -0.2) is 7.11 Å². The van der Waals surface area contributed by atoms with E-state index in [1.165, 1.54) is 11.1 Å². The van der Waals surface area contributed by atoms with Crippen LogP contribution in [0.4, 0.5) is 0 Å². The monoisotopic (exact) mass is 214 g/mol. The van der Waals surface area contributed by atoms with Crippen LogP contribution in [0.2, 0.25) is 0 Å². The molecule has 0 radical (unpaired) electrons. The van der Waals surface area contributed by atoms with Gasteiger partial charge in [-0.1, -0.05) is 56.3 Å². The summed E-state index contributed by atoms with van der Waals surface area (Å²) >= 11 is 0. The SMILES string of the molecule is CC.COc1cccc(-c2ccccc2)c1. The Bertz CT molecular complexity index is 407. The molecule has 0 aliphatic rings. The van der Waals surface area contributed by atoms with Gasteiger partial charge in [0.2, 0.25) is 0 Å². The van der Waals surface area contributed by atoms with Crippen molar-refractivity contribution in [2.75, 3.05) is 7.11 Å². The van der Waals surface area contributed by atoms with Crippen LogP contribution < -0.4 is 4.74 Å². The molecule has 0 spiro atoms. The number of benzene rings is 2. The maximum Gasteiger partial charge on any atom is 0.119 e. The highest BCUT2D eigenvalue weighted by Gasteiger charge is 1.97. The van der Waals surface area contributed by atoms with Crippen molar-refractivity contribution in [2.45, 2.75) is 13.8 Å². The summed E-state index contributed by atoms with van der Waals surface area (Å²) in [5.74, 6) is 0.895. The van der Waals surface area contributed by atoms with Gasteiger partial charge in [0.1, 0.15) is 5.75 Å². The Kier molecular flexibility index (Phi) is 5.13. The summed E-state index contributed by atoms with van der Waals surface area (Å²) in [6, 6.07) is 18.3. The van der Waals surface area contributed by atoms with Gasteiger partial charge in [-0.25, -0.2) is 0 Å². The molecule has 0 saturated carbocycles. The fourth-order valence-electron chi connectivity index (χ4n) is 1.43. The summed E-state index contributed by atoms with van der Waals surface area (Å²) in [7, 11) is 1.68. The molecule has 2 aromatic carbocycles. The molecule has 2 aromatic rings. The van der Waals surface area contributed by atoms with E-state index in [0.717, 1.165) is 5.75 Å². The van der Waals surface area contributed by atoms with Gasteiger partial charge >= 0.3 is 0 Å². The van der Waals surface area contributed by atoms with E-state index < -0.39 is 0 Å². The van der Waals surface area contributed by atoms with Gasteiger partial charge in [-0.15, -0.1) is 0 Å². The topological polar surface area (TPSA) is 9.23 Å². The van der Waals surface area contributed by atoms with E-state index in [9.17, 15) is 0 Å². The number of ether oxygens (including phenoxy) is 1. The summed E-state index contributed by atoms with van der Waals surface area (Å²) in [4.78, 5) is 0. The van der Waals surface area contributed by atoms with Crippen LogP contribution in [0, 0.1) is 0 Å². The molecule has 0 fully saturated rings. The molecule has 0 aliphatic carbocycles. The molecule has 2 rings (SSSR count). The van der Waals surface area contributed by atoms with Crippen LogP contribution in [0.1, 0.15) is 13.8 Å². The average molecular weight is 214 g/mol. The van der Waals surface area contributed by atoms with Gasteiger partial charge < -0.3 is 4.74 Å². The third kappa shape index (κ3) is 3.13. The highest BCUT2D eigenvalue weighted by Crippen LogP contribution is 2.22. The van der Waals surface area contributed by atoms with Crippen molar-refractivity contribution in [3.8, 4) is 16.9 Å². The van der Waals surface area contributed by atoms with Crippen LogP contribution >= 0.6 is 0 Å². The number of rotatable bonds is 2. The lowest BCUT2D eigenvalue weighted by Crippen LogP contribution is -1.83. The van der Waals surface area contributed by atoms with Crippen LogP contribution in [0.5, 0.6) is 5.75 Å². The molecule has 16 heavy (non-hydrogen) atoms. The summed E-state index contributed by atoms with van der Waals surface area (Å²) in [6.45, 7) is 4.00. The predicted octanol–water partition coefficient (Wildman–Crippen LogP) is 4.39. The second kappa shape index (κ2) is 6.67. The first-order valence-corrected chi connectivity index (χ1v) is 5.59. The van der Waals surface area contributed by atoms with Gasteiger partial charge in [-0.05, 0) is 23.3 Å². The maximum absolute atomic E-state index is 5.18. The smallest absolute Gasteiger partial charge is 0.119 e. The third-order valence-electron chi connectivity index (χ3n) is 2.18. The van der Waals surface area contributed by atoms with Crippen molar-refractivity contribution in [3.05, 3.63) is 54.6 Å². The van der Waals surface area contributed by atoms with Gasteiger partial charge in [-0.2, -0.15) is 0 Å². The molecule has 0 N–H and O–H groups in total. The molecule has 0 amide bonds. The minimum Gasteiger partial charge on any atom is -0.497 e. The van der Waals surface area contributed by atoms with Crippen molar-refractivity contribution >= 4 is 0 Å². The first-order valence-electron chi connectivity index (χ1n) is 5.59. The van der Waals surface area contributed by atoms with Crippen molar-refractivity contribution in [2.24, 2.45) is 0 Å². The summed E-state index contributed by atoms with van der Waals surface area (Å²) in [5, 5.41) is 0. The van der Waals surface area contributed by atoms with E-state index in [2.05, 4.69) is 18.2 Å². The van der Waals surface area contributed by atoms with Crippen molar-refractivity contribution in [3.63, 3.8) is 0 Å². The predicted molar refractivity (Wildman–Crippen MR) is 69.8 cm³/mol. The first kappa shape index (κ1) is 12.3. The zero-order valence-corrected chi connectivity index (χ0v) is 10.1. The molecule has 0 bridgehead atoms. The van der Waals surface area contributed by atoms with Crippen molar-refractivity contribution in [1.29, 1.82) is 0 Å². The van der Waals surface area contributed by atoms with E-state index in [4.69, 9.17) is 4.74 Å². The summed E-state index contributed by atoms with van der Waals surface area (Å²) in [6.07, 6.45) is 0. The Hall–Kier alpha value is -1.76. The normalized spacial score (nSPS) is 8.94. The van der Waals surface area contributed by atoms with E-state index in [0.29, 0.717) is 0 Å². The first-order chi connectivity index (χ1) is 7.90. The fourth-order valence-corrected chi connectivity index (χ4v) is 1.43. The molecular weight excluding hydrogens is 196 g/mol. The quantitative estimate of drug-likeness (QED) is 0.720. The molecule has 0 atom stereocenters. The molecule has 1 nitrogen and oxygen atoms in total. The van der Waals surface area contributed by atoms with Crippen molar-refractivity contribution < 1.29 is 4.74 Å². The molecule has 0 aliphatic heterocycles. The van der Waals surface area contributed by atoms with Gasteiger partial charge in [0.15, 0.2) is 0 Å². The molecule has 0 saturated heterocycles. The lowest BCUT2D eigenvalue weighted by Gasteiger charge is -2.03. The highest BCUT2D eigenvalue weighted by molar-refractivity contribution is 5.64. The van der Waals surface area contributed by atoms with Crippen LogP contribution in [0.25, 0.3) is 11.1 Å². The zero-order valence-electron chi connectivity index (χ0n) is 10.1. The summed E-state index contributed by atoms with van der Waals surface area (Å²) < 4.78 is 5.18.